The van der Waals surface area contributed by atoms with Gasteiger partial charge in [0, 0.05) is 0 Å². The Morgan fingerprint density at radius 1 is 0.667 bits per heavy atom. The predicted octanol–water partition coefficient (Wildman–Crippen LogP) is 0.834. The second-order valence-electron chi connectivity index (χ2n) is 5.65. The largest absolute Gasteiger partial charge is 0.321 e. The zero-order chi connectivity index (χ0) is 17.5. The molecule has 0 spiro atoms. The van der Waals surface area contributed by atoms with Crippen molar-refractivity contribution in [2.45, 2.75) is 24.9 Å². The second kappa shape index (κ2) is 8.29. The number of hydrogen-bond donors (Lipinski definition) is 2. The number of carbonyl (C=O) groups is 3. The van der Waals surface area contributed by atoms with Crippen molar-refractivity contribution in [2.75, 3.05) is 0 Å². The lowest BCUT2D eigenvalue weighted by Crippen LogP contribution is -2.46. The first-order chi connectivity index (χ1) is 11.5. The maximum absolute atomic E-state index is 12.1. The van der Waals surface area contributed by atoms with Crippen LogP contribution in [0.2, 0.25) is 0 Å². The van der Waals surface area contributed by atoms with Crippen LogP contribution >= 0.6 is 0 Å². The minimum atomic E-state index is -1.12. The number of benzene rings is 2. The molecular weight excluding hydrogens is 304 g/mol. The quantitative estimate of drug-likeness (QED) is 0.553. The fourth-order valence-corrected chi connectivity index (χ4v) is 2.38. The summed E-state index contributed by atoms with van der Waals surface area (Å²) in [5.74, 6) is -2.92. The van der Waals surface area contributed by atoms with Gasteiger partial charge in [0.15, 0.2) is 0 Å². The summed E-state index contributed by atoms with van der Waals surface area (Å²) in [6.07, 6.45) is 0.402. The van der Waals surface area contributed by atoms with Gasteiger partial charge >= 0.3 is 0 Å². The van der Waals surface area contributed by atoms with Crippen molar-refractivity contribution in [3.05, 3.63) is 71.8 Å². The molecule has 0 amide bonds. The van der Waals surface area contributed by atoms with Crippen LogP contribution in [0.3, 0.4) is 0 Å². The first kappa shape index (κ1) is 17.7. The van der Waals surface area contributed by atoms with Crippen molar-refractivity contribution in [1.82, 2.24) is 0 Å². The van der Waals surface area contributed by atoms with E-state index in [1.807, 2.05) is 36.4 Å². The standard InChI is InChI=1S/C19H20N2O3/c20-15(11-13-7-3-1-4-8-13)17(22)19(24)18(23)16(21)12-14-9-5-2-6-10-14/h1-10,15-16H,11-12,20-21H2/t15-,16-/m0/s1. The highest BCUT2D eigenvalue weighted by Gasteiger charge is 2.31. The van der Waals surface area contributed by atoms with Crippen LogP contribution in [-0.4, -0.2) is 29.4 Å². The van der Waals surface area contributed by atoms with E-state index < -0.39 is 29.4 Å². The van der Waals surface area contributed by atoms with Crippen molar-refractivity contribution in [3.63, 3.8) is 0 Å². The molecule has 0 bridgehead atoms. The molecule has 0 saturated heterocycles. The third kappa shape index (κ3) is 4.68. The van der Waals surface area contributed by atoms with Gasteiger partial charge in [-0.2, -0.15) is 0 Å². The lowest BCUT2D eigenvalue weighted by molar-refractivity contribution is -0.145. The molecule has 0 aromatic heterocycles. The normalized spacial score (nSPS) is 13.1. The van der Waals surface area contributed by atoms with E-state index >= 15 is 0 Å². The van der Waals surface area contributed by atoms with Crippen molar-refractivity contribution >= 4 is 17.3 Å². The highest BCUT2D eigenvalue weighted by Crippen LogP contribution is 2.06. The molecule has 4 N–H and O–H groups in total. The van der Waals surface area contributed by atoms with Gasteiger partial charge in [0.05, 0.1) is 12.1 Å². The third-order valence-corrected chi connectivity index (χ3v) is 3.72. The topological polar surface area (TPSA) is 103 Å². The Labute approximate surface area is 140 Å². The maximum atomic E-state index is 12.1. The van der Waals surface area contributed by atoms with E-state index in [4.69, 9.17) is 11.5 Å². The molecule has 0 aliphatic carbocycles. The van der Waals surface area contributed by atoms with Crippen LogP contribution in [0, 0.1) is 0 Å². The molecule has 2 aromatic rings. The van der Waals surface area contributed by atoms with Gasteiger partial charge in [-0.1, -0.05) is 60.7 Å². The van der Waals surface area contributed by atoms with Crippen LogP contribution in [-0.2, 0) is 27.2 Å². The molecule has 0 heterocycles. The van der Waals surface area contributed by atoms with Gasteiger partial charge in [-0.3, -0.25) is 14.4 Å². The number of Topliss-reactive ketones (excluding diaryl/α,β-unsaturated/α-hetero) is 3. The summed E-state index contributed by atoms with van der Waals surface area (Å²) in [6.45, 7) is 0. The average molecular weight is 324 g/mol. The van der Waals surface area contributed by atoms with Gasteiger partial charge in [-0.25, -0.2) is 0 Å². The van der Waals surface area contributed by atoms with Crippen molar-refractivity contribution in [3.8, 4) is 0 Å². The van der Waals surface area contributed by atoms with E-state index in [0.717, 1.165) is 11.1 Å². The molecule has 5 heteroatoms. The van der Waals surface area contributed by atoms with E-state index in [1.54, 1.807) is 24.3 Å². The van der Waals surface area contributed by atoms with Crippen LogP contribution in [0.25, 0.3) is 0 Å². The summed E-state index contributed by atoms with van der Waals surface area (Å²) >= 11 is 0. The van der Waals surface area contributed by atoms with Crippen LogP contribution < -0.4 is 11.5 Å². The molecule has 0 aliphatic rings. The Morgan fingerprint density at radius 2 is 1.00 bits per heavy atom. The zero-order valence-corrected chi connectivity index (χ0v) is 13.2. The zero-order valence-electron chi connectivity index (χ0n) is 13.2. The molecule has 0 unspecified atom stereocenters. The number of nitrogens with two attached hydrogens (primary N) is 2. The highest BCUT2D eigenvalue weighted by molar-refractivity contribution is 6.65. The molecule has 2 atom stereocenters. The van der Waals surface area contributed by atoms with Gasteiger partial charge < -0.3 is 11.5 Å². The predicted molar refractivity (Wildman–Crippen MR) is 91.3 cm³/mol. The minimum Gasteiger partial charge on any atom is -0.321 e. The molecule has 0 radical (unpaired) electrons. The van der Waals surface area contributed by atoms with Crippen LogP contribution in [0.1, 0.15) is 11.1 Å². The molecule has 24 heavy (non-hydrogen) atoms. The van der Waals surface area contributed by atoms with E-state index in [-0.39, 0.29) is 12.8 Å². The molecule has 124 valence electrons. The molecule has 2 aromatic carbocycles. The number of carbonyl (C=O) groups excluding carboxylic acids is 3. The lowest BCUT2D eigenvalue weighted by atomic mass is 9.95. The van der Waals surface area contributed by atoms with Gasteiger partial charge in [0.1, 0.15) is 0 Å². The summed E-state index contributed by atoms with van der Waals surface area (Å²) in [7, 11) is 0. The average Bonchev–Trinajstić information content (AvgIpc) is 2.61. The van der Waals surface area contributed by atoms with Gasteiger partial charge in [0.25, 0.3) is 5.78 Å². The van der Waals surface area contributed by atoms with Crippen LogP contribution in [0.15, 0.2) is 60.7 Å². The Balaban J connectivity index is 1.96. The Kier molecular flexibility index (Phi) is 6.12. The van der Waals surface area contributed by atoms with Gasteiger partial charge in [-0.15, -0.1) is 0 Å². The van der Waals surface area contributed by atoms with Gasteiger partial charge in [-0.05, 0) is 24.0 Å². The smallest absolute Gasteiger partial charge is 0.267 e. The fraction of sp³-hybridized carbons (Fsp3) is 0.211. The van der Waals surface area contributed by atoms with Crippen molar-refractivity contribution in [1.29, 1.82) is 0 Å². The first-order valence-corrected chi connectivity index (χ1v) is 7.70. The first-order valence-electron chi connectivity index (χ1n) is 7.70. The SMILES string of the molecule is N[C@@H](Cc1ccccc1)C(=O)C(=O)C(=O)[C@@H](N)Cc1ccccc1. The molecule has 0 aliphatic heterocycles. The second-order valence-corrected chi connectivity index (χ2v) is 5.65. The summed E-state index contributed by atoms with van der Waals surface area (Å²) < 4.78 is 0. The van der Waals surface area contributed by atoms with Crippen molar-refractivity contribution in [2.24, 2.45) is 11.5 Å². The molecule has 0 saturated carbocycles. The Bertz CT molecular complexity index is 652. The van der Waals surface area contributed by atoms with E-state index in [1.165, 1.54) is 0 Å². The summed E-state index contributed by atoms with van der Waals surface area (Å²) in [5, 5.41) is 0. The molecule has 5 nitrogen and oxygen atoms in total. The van der Waals surface area contributed by atoms with Crippen LogP contribution in [0.4, 0.5) is 0 Å². The Hall–Kier alpha value is -2.63. The monoisotopic (exact) mass is 324 g/mol. The minimum absolute atomic E-state index is 0.201. The van der Waals surface area contributed by atoms with Crippen molar-refractivity contribution < 1.29 is 14.4 Å². The van der Waals surface area contributed by atoms with E-state index in [0.29, 0.717) is 0 Å². The van der Waals surface area contributed by atoms with Crippen LogP contribution in [0.5, 0.6) is 0 Å². The summed E-state index contributed by atoms with van der Waals surface area (Å²) in [4.78, 5) is 36.2. The summed E-state index contributed by atoms with van der Waals surface area (Å²) in [6, 6.07) is 16.1. The number of rotatable bonds is 8. The summed E-state index contributed by atoms with van der Waals surface area (Å²) in [5.41, 5.74) is 13.2. The molecule has 2 rings (SSSR count). The Morgan fingerprint density at radius 3 is 1.33 bits per heavy atom. The number of ketones is 3. The molecular formula is C19H20N2O3. The van der Waals surface area contributed by atoms with Gasteiger partial charge in [0.2, 0.25) is 11.6 Å². The van der Waals surface area contributed by atoms with E-state index in [9.17, 15) is 14.4 Å². The lowest BCUT2D eigenvalue weighted by Gasteiger charge is -2.12. The fourth-order valence-electron chi connectivity index (χ4n) is 2.38. The molecule has 0 fully saturated rings. The third-order valence-electron chi connectivity index (χ3n) is 3.72. The number of hydrogen-bond acceptors (Lipinski definition) is 5. The maximum Gasteiger partial charge on any atom is 0.267 e. The highest BCUT2D eigenvalue weighted by atomic mass is 16.2. The van der Waals surface area contributed by atoms with E-state index in [2.05, 4.69) is 0 Å².